The van der Waals surface area contributed by atoms with Crippen molar-refractivity contribution in [3.8, 4) is 0 Å². The Kier molecular flexibility index (Phi) is 8.80. The monoisotopic (exact) mass is 603 g/mol. The predicted molar refractivity (Wildman–Crippen MR) is 142 cm³/mol. The Hall–Kier alpha value is -4.34. The van der Waals surface area contributed by atoms with Crippen LogP contribution < -0.4 is 10.6 Å². The van der Waals surface area contributed by atoms with Crippen LogP contribution in [0.25, 0.3) is 0 Å². The third-order valence-corrected chi connectivity index (χ3v) is 7.25. The molecule has 42 heavy (non-hydrogen) atoms. The lowest BCUT2D eigenvalue weighted by molar-refractivity contribution is -0.137. The number of nitrogens with zero attached hydrogens (tertiary/aromatic N) is 7. The maximum absolute atomic E-state index is 14.6. The molecule has 1 fully saturated rings. The molecule has 4 heterocycles. The molecular formula is C26H25F4N9O2S. The second-order valence-electron chi connectivity index (χ2n) is 9.80. The van der Waals surface area contributed by atoms with E-state index in [4.69, 9.17) is 0 Å². The van der Waals surface area contributed by atoms with Crippen LogP contribution in [-0.2, 0) is 36.9 Å². The molecule has 2 amide bonds. The summed E-state index contributed by atoms with van der Waals surface area (Å²) in [4.78, 5) is 32.5. The lowest BCUT2D eigenvalue weighted by Crippen LogP contribution is -2.23. The highest BCUT2D eigenvalue weighted by atomic mass is 32.1. The molecule has 4 aromatic rings. The van der Waals surface area contributed by atoms with E-state index in [1.54, 1.807) is 6.20 Å². The first-order chi connectivity index (χ1) is 20.1. The van der Waals surface area contributed by atoms with Gasteiger partial charge in [0.05, 0.1) is 24.7 Å². The molecule has 0 aromatic carbocycles. The predicted octanol–water partition coefficient (Wildman–Crippen LogP) is 3.90. The minimum atomic E-state index is -4.55. The van der Waals surface area contributed by atoms with Crippen LogP contribution in [-0.4, -0.2) is 53.1 Å². The van der Waals surface area contributed by atoms with Gasteiger partial charge in [0.1, 0.15) is 11.2 Å². The Balaban J connectivity index is 1.04. The summed E-state index contributed by atoms with van der Waals surface area (Å²) in [5, 5.41) is 21.4. The smallest absolute Gasteiger partial charge is 0.346 e. The number of halogens is 4. The van der Waals surface area contributed by atoms with Gasteiger partial charge in [-0.15, -0.1) is 15.3 Å². The molecule has 0 aliphatic heterocycles. The summed E-state index contributed by atoms with van der Waals surface area (Å²) in [6.45, 7) is -0.379. The molecule has 220 valence electrons. The fourth-order valence-electron chi connectivity index (χ4n) is 4.08. The van der Waals surface area contributed by atoms with E-state index in [2.05, 4.69) is 41.1 Å². The van der Waals surface area contributed by atoms with Gasteiger partial charge in [0.2, 0.25) is 11.0 Å². The van der Waals surface area contributed by atoms with Crippen LogP contribution in [0.5, 0.6) is 0 Å². The summed E-state index contributed by atoms with van der Waals surface area (Å²) in [5.41, 5.74) is 1.00. The third kappa shape index (κ3) is 8.11. The highest BCUT2D eigenvalue weighted by molar-refractivity contribution is 7.15. The molecule has 0 radical (unpaired) electrons. The quantitative estimate of drug-likeness (QED) is 0.233. The van der Waals surface area contributed by atoms with Crippen molar-refractivity contribution in [2.45, 2.75) is 63.5 Å². The second kappa shape index (κ2) is 12.7. The zero-order chi connectivity index (χ0) is 29.7. The zero-order valence-electron chi connectivity index (χ0n) is 22.0. The zero-order valence-corrected chi connectivity index (χ0v) is 22.8. The number of anilines is 1. The molecule has 1 unspecified atom stereocenters. The van der Waals surface area contributed by atoms with Gasteiger partial charge in [0, 0.05) is 37.3 Å². The number of carbonyl (C=O) groups is 2. The van der Waals surface area contributed by atoms with Gasteiger partial charge in [-0.05, 0) is 54.5 Å². The average molecular weight is 604 g/mol. The van der Waals surface area contributed by atoms with Gasteiger partial charge in [0.15, 0.2) is 5.69 Å². The first-order valence-electron chi connectivity index (χ1n) is 13.0. The van der Waals surface area contributed by atoms with Crippen molar-refractivity contribution < 1.29 is 27.2 Å². The molecule has 16 heteroatoms. The van der Waals surface area contributed by atoms with E-state index in [9.17, 15) is 27.2 Å². The van der Waals surface area contributed by atoms with Crippen molar-refractivity contribution in [3.63, 3.8) is 0 Å². The molecule has 1 aliphatic rings. The number of alkyl halides is 4. The number of hydrogen-bond acceptors (Lipinski definition) is 9. The summed E-state index contributed by atoms with van der Waals surface area (Å²) in [7, 11) is 0. The normalized spacial score (nSPS) is 14.0. The number of carbonyl (C=O) groups excluding carboxylic acids is 2. The van der Waals surface area contributed by atoms with Crippen molar-refractivity contribution in [2.24, 2.45) is 0 Å². The Bertz CT molecular complexity index is 1550. The fraction of sp³-hybridized carbons (Fsp3) is 0.385. The van der Waals surface area contributed by atoms with Crippen molar-refractivity contribution in [1.29, 1.82) is 0 Å². The largest absolute Gasteiger partial charge is 0.417 e. The van der Waals surface area contributed by atoms with E-state index in [1.165, 1.54) is 22.6 Å². The number of aromatic nitrogens is 7. The summed E-state index contributed by atoms with van der Waals surface area (Å²) in [6, 6.07) is 4.81. The molecule has 4 aromatic heterocycles. The number of amides is 2. The average Bonchev–Trinajstić information content (AvgIpc) is 3.55. The van der Waals surface area contributed by atoms with Crippen LogP contribution in [0.15, 0.2) is 43.0 Å². The highest BCUT2D eigenvalue weighted by Gasteiger charge is 2.31. The van der Waals surface area contributed by atoms with Gasteiger partial charge in [-0.2, -0.15) is 13.2 Å². The lowest BCUT2D eigenvalue weighted by Gasteiger charge is -2.08. The van der Waals surface area contributed by atoms with Gasteiger partial charge < -0.3 is 10.6 Å². The van der Waals surface area contributed by atoms with Crippen molar-refractivity contribution >= 4 is 28.3 Å². The summed E-state index contributed by atoms with van der Waals surface area (Å²) in [6.07, 6.45) is 1.77. The minimum Gasteiger partial charge on any atom is -0.346 e. The molecular weight excluding hydrogens is 578 g/mol. The molecule has 0 bridgehead atoms. The highest BCUT2D eigenvalue weighted by Crippen LogP contribution is 2.40. The molecule has 0 saturated heterocycles. The molecule has 11 nitrogen and oxygen atoms in total. The van der Waals surface area contributed by atoms with E-state index in [0.717, 1.165) is 30.2 Å². The van der Waals surface area contributed by atoms with Crippen molar-refractivity contribution in [3.05, 3.63) is 76.1 Å². The van der Waals surface area contributed by atoms with Crippen molar-refractivity contribution in [2.75, 3.05) is 5.32 Å². The van der Waals surface area contributed by atoms with Crippen molar-refractivity contribution in [1.82, 2.24) is 40.5 Å². The number of rotatable bonds is 12. The third-order valence-electron chi connectivity index (χ3n) is 6.35. The van der Waals surface area contributed by atoms with E-state index >= 15 is 0 Å². The Morgan fingerprint density at radius 1 is 1.14 bits per heavy atom. The SMILES string of the molecule is O=C(Cc1cc(C2CC2)ccn1)Nc1nnc(CCC(F)Cn2cc(C(=O)NCc3cncc(C(F)(F)F)c3)nn2)s1. The van der Waals surface area contributed by atoms with E-state index in [-0.39, 0.29) is 49.5 Å². The molecule has 5 rings (SSSR count). The Morgan fingerprint density at radius 3 is 2.76 bits per heavy atom. The number of hydrogen-bond donors (Lipinski definition) is 2. The van der Waals surface area contributed by atoms with Crippen LogP contribution >= 0.6 is 11.3 Å². The summed E-state index contributed by atoms with van der Waals surface area (Å²) >= 11 is 1.16. The van der Waals surface area contributed by atoms with E-state index in [0.29, 0.717) is 27.9 Å². The van der Waals surface area contributed by atoms with Gasteiger partial charge in [-0.25, -0.2) is 9.07 Å². The minimum absolute atomic E-state index is 0.0877. The van der Waals surface area contributed by atoms with E-state index < -0.39 is 23.8 Å². The van der Waals surface area contributed by atoms with Gasteiger partial charge in [-0.1, -0.05) is 16.6 Å². The Morgan fingerprint density at radius 2 is 1.98 bits per heavy atom. The second-order valence-corrected chi connectivity index (χ2v) is 10.9. The fourth-order valence-corrected chi connectivity index (χ4v) is 4.85. The first-order valence-corrected chi connectivity index (χ1v) is 13.8. The van der Waals surface area contributed by atoms with Gasteiger partial charge >= 0.3 is 6.18 Å². The van der Waals surface area contributed by atoms with Crippen LogP contribution in [0.2, 0.25) is 0 Å². The Labute approximate surface area is 240 Å². The summed E-state index contributed by atoms with van der Waals surface area (Å²) in [5.74, 6) is -0.377. The van der Waals surface area contributed by atoms with Gasteiger partial charge in [-0.3, -0.25) is 19.6 Å². The molecule has 1 saturated carbocycles. The first kappa shape index (κ1) is 29.2. The standard InChI is InChI=1S/C26H25F4N9O2S/c27-19(13-39-14-21(35-38-39)24(41)33-11-15-7-18(12-31-10-15)26(28,29)30)3-4-23-36-37-25(42-23)34-22(40)9-20-8-17(5-6-32-20)16-1-2-16/h5-8,10,12,14,16,19H,1-4,9,11,13H2,(H,33,41)(H,34,37,40). The maximum atomic E-state index is 14.6. The van der Waals surface area contributed by atoms with Crippen LogP contribution in [0.1, 0.15) is 63.1 Å². The lowest BCUT2D eigenvalue weighted by atomic mass is 10.1. The molecule has 1 atom stereocenters. The molecule has 1 aliphatic carbocycles. The maximum Gasteiger partial charge on any atom is 0.417 e. The van der Waals surface area contributed by atoms with Gasteiger partial charge in [0.25, 0.3) is 5.91 Å². The number of aryl methyl sites for hydroxylation is 1. The molecule has 2 N–H and O–H groups in total. The van der Waals surface area contributed by atoms with Crippen LogP contribution in [0.3, 0.4) is 0 Å². The molecule has 0 spiro atoms. The number of nitrogens with one attached hydrogen (secondary N) is 2. The number of pyridine rings is 2. The summed E-state index contributed by atoms with van der Waals surface area (Å²) < 4.78 is 54.3. The van der Waals surface area contributed by atoms with E-state index in [1.807, 2.05) is 12.1 Å². The van der Waals surface area contributed by atoms with Crippen LogP contribution in [0, 0.1) is 0 Å². The van der Waals surface area contributed by atoms with Crippen LogP contribution in [0.4, 0.5) is 22.7 Å². The topological polar surface area (TPSA) is 140 Å².